The number of aliphatic carboxylic acids is 1. The summed E-state index contributed by atoms with van der Waals surface area (Å²) in [5.41, 5.74) is 0.849. The first-order valence-corrected chi connectivity index (χ1v) is 5.88. The first-order valence-electron chi connectivity index (χ1n) is 5.88. The van der Waals surface area contributed by atoms with Gasteiger partial charge in [-0.1, -0.05) is 0 Å². The molecule has 0 fully saturated rings. The minimum atomic E-state index is -0.921. The molecule has 2 rings (SSSR count). The van der Waals surface area contributed by atoms with Crippen LogP contribution >= 0.6 is 0 Å². The molecule has 0 bridgehead atoms. The Hall–Kier alpha value is -2.30. The highest BCUT2D eigenvalue weighted by atomic mass is 16.5. The van der Waals surface area contributed by atoms with Crippen LogP contribution in [0, 0.1) is 6.92 Å². The van der Waals surface area contributed by atoms with Gasteiger partial charge >= 0.3 is 11.6 Å². The van der Waals surface area contributed by atoms with E-state index in [0.717, 1.165) is 10.9 Å². The standard InChI is InChI=1S/C14H14O5/c1-8-5-14(17)19-12-7-10(3-4-11(8)12)18-9(2)6-13(15)16/h3-5,7,9H,6H2,1-2H3,(H,15,16). The molecule has 1 atom stereocenters. The van der Waals surface area contributed by atoms with Crippen molar-refractivity contribution in [1.82, 2.24) is 0 Å². The highest BCUT2D eigenvalue weighted by molar-refractivity contribution is 5.81. The summed E-state index contributed by atoms with van der Waals surface area (Å²) in [6.45, 7) is 3.50. The zero-order valence-electron chi connectivity index (χ0n) is 10.7. The third-order valence-corrected chi connectivity index (χ3v) is 2.72. The van der Waals surface area contributed by atoms with Crippen LogP contribution in [0.2, 0.25) is 0 Å². The SMILES string of the molecule is Cc1cc(=O)oc2cc(OC(C)CC(=O)O)ccc12. The van der Waals surface area contributed by atoms with Crippen LogP contribution in [0.1, 0.15) is 18.9 Å². The fourth-order valence-corrected chi connectivity index (χ4v) is 1.90. The molecule has 2 aromatic rings. The van der Waals surface area contributed by atoms with E-state index in [2.05, 4.69) is 0 Å². The third kappa shape index (κ3) is 3.13. The van der Waals surface area contributed by atoms with E-state index in [9.17, 15) is 9.59 Å². The van der Waals surface area contributed by atoms with E-state index in [-0.39, 0.29) is 6.42 Å². The summed E-state index contributed by atoms with van der Waals surface area (Å²) < 4.78 is 10.6. The summed E-state index contributed by atoms with van der Waals surface area (Å²) in [5.74, 6) is -0.439. The van der Waals surface area contributed by atoms with Crippen molar-refractivity contribution < 1.29 is 19.1 Å². The fraction of sp³-hybridized carbons (Fsp3) is 0.286. The average Bonchev–Trinajstić information content (AvgIpc) is 2.26. The Balaban J connectivity index is 2.31. The van der Waals surface area contributed by atoms with Crippen LogP contribution in [0.4, 0.5) is 0 Å². The van der Waals surface area contributed by atoms with Crippen molar-refractivity contribution in [2.75, 3.05) is 0 Å². The molecule has 19 heavy (non-hydrogen) atoms. The summed E-state index contributed by atoms with van der Waals surface area (Å²) >= 11 is 0. The number of carbonyl (C=O) groups is 1. The van der Waals surface area contributed by atoms with Gasteiger partial charge in [-0.3, -0.25) is 4.79 Å². The van der Waals surface area contributed by atoms with Crippen LogP contribution in [-0.4, -0.2) is 17.2 Å². The Morgan fingerprint density at radius 1 is 1.42 bits per heavy atom. The first kappa shape index (κ1) is 13.1. The van der Waals surface area contributed by atoms with Gasteiger partial charge in [-0.15, -0.1) is 0 Å². The first-order chi connectivity index (χ1) is 8.95. The van der Waals surface area contributed by atoms with Gasteiger partial charge in [0.25, 0.3) is 0 Å². The van der Waals surface area contributed by atoms with Crippen LogP contribution in [-0.2, 0) is 4.79 Å². The van der Waals surface area contributed by atoms with E-state index in [4.69, 9.17) is 14.3 Å². The quantitative estimate of drug-likeness (QED) is 0.856. The normalized spacial score (nSPS) is 12.3. The lowest BCUT2D eigenvalue weighted by Gasteiger charge is -2.13. The van der Waals surface area contributed by atoms with Gasteiger partial charge in [0.2, 0.25) is 0 Å². The third-order valence-electron chi connectivity index (χ3n) is 2.72. The van der Waals surface area contributed by atoms with Crippen molar-refractivity contribution in [1.29, 1.82) is 0 Å². The molecule has 0 aliphatic heterocycles. The molecule has 1 N–H and O–H groups in total. The number of fused-ring (bicyclic) bond motifs is 1. The number of aryl methyl sites for hydroxylation is 1. The van der Waals surface area contributed by atoms with Gasteiger partial charge in [0.15, 0.2) is 0 Å². The van der Waals surface area contributed by atoms with Gasteiger partial charge in [0, 0.05) is 17.5 Å². The van der Waals surface area contributed by atoms with Gasteiger partial charge in [0.1, 0.15) is 17.4 Å². The van der Waals surface area contributed by atoms with E-state index in [1.54, 1.807) is 25.1 Å². The molecule has 0 aliphatic rings. The molecule has 1 aromatic heterocycles. The molecular weight excluding hydrogens is 248 g/mol. The number of ether oxygens (including phenoxy) is 1. The molecule has 0 saturated carbocycles. The van der Waals surface area contributed by atoms with Crippen molar-refractivity contribution in [3.05, 3.63) is 40.2 Å². The zero-order chi connectivity index (χ0) is 14.0. The lowest BCUT2D eigenvalue weighted by molar-refractivity contribution is -0.138. The second-order valence-corrected chi connectivity index (χ2v) is 4.43. The largest absolute Gasteiger partial charge is 0.490 e. The van der Waals surface area contributed by atoms with E-state index in [1.807, 2.05) is 6.92 Å². The van der Waals surface area contributed by atoms with E-state index in [1.165, 1.54) is 6.07 Å². The lowest BCUT2D eigenvalue weighted by Crippen LogP contribution is -2.16. The molecule has 1 heterocycles. The molecule has 0 spiro atoms. The molecule has 0 amide bonds. The lowest BCUT2D eigenvalue weighted by atomic mass is 10.1. The summed E-state index contributed by atoms with van der Waals surface area (Å²) in [7, 11) is 0. The van der Waals surface area contributed by atoms with Gasteiger partial charge in [-0.05, 0) is 31.5 Å². The summed E-state index contributed by atoms with van der Waals surface area (Å²) in [5, 5.41) is 9.50. The Kier molecular flexibility index (Phi) is 3.55. The number of benzene rings is 1. The predicted molar refractivity (Wildman–Crippen MR) is 69.6 cm³/mol. The van der Waals surface area contributed by atoms with Gasteiger partial charge in [-0.2, -0.15) is 0 Å². The molecule has 5 nitrogen and oxygen atoms in total. The van der Waals surface area contributed by atoms with Crippen molar-refractivity contribution in [2.45, 2.75) is 26.4 Å². The summed E-state index contributed by atoms with van der Waals surface area (Å²) in [6, 6.07) is 6.54. The highest BCUT2D eigenvalue weighted by Crippen LogP contribution is 2.23. The number of carboxylic acids is 1. The second-order valence-electron chi connectivity index (χ2n) is 4.43. The Labute approximate surface area is 109 Å². The number of hydrogen-bond acceptors (Lipinski definition) is 4. The van der Waals surface area contributed by atoms with E-state index < -0.39 is 17.7 Å². The number of carboxylic acid groups (broad SMARTS) is 1. The van der Waals surface area contributed by atoms with Crippen LogP contribution in [0.25, 0.3) is 11.0 Å². The molecule has 100 valence electrons. The maximum absolute atomic E-state index is 11.3. The number of hydrogen-bond donors (Lipinski definition) is 1. The molecule has 1 unspecified atom stereocenters. The summed E-state index contributed by atoms with van der Waals surface area (Å²) in [6.07, 6.45) is -0.540. The minimum absolute atomic E-state index is 0.0875. The fourth-order valence-electron chi connectivity index (χ4n) is 1.90. The second kappa shape index (κ2) is 5.14. The van der Waals surface area contributed by atoms with Crippen molar-refractivity contribution >= 4 is 16.9 Å². The monoisotopic (exact) mass is 262 g/mol. The highest BCUT2D eigenvalue weighted by Gasteiger charge is 2.10. The van der Waals surface area contributed by atoms with E-state index in [0.29, 0.717) is 11.3 Å². The number of rotatable bonds is 4. The van der Waals surface area contributed by atoms with Crippen LogP contribution in [0.3, 0.4) is 0 Å². The van der Waals surface area contributed by atoms with Gasteiger partial charge in [0.05, 0.1) is 6.42 Å². The van der Waals surface area contributed by atoms with Gasteiger partial charge < -0.3 is 14.3 Å². The Morgan fingerprint density at radius 2 is 2.16 bits per heavy atom. The molecular formula is C14H14O5. The minimum Gasteiger partial charge on any atom is -0.490 e. The Bertz CT molecular complexity index is 671. The predicted octanol–water partition coefficient (Wildman–Crippen LogP) is 2.34. The summed E-state index contributed by atoms with van der Waals surface area (Å²) in [4.78, 5) is 21.9. The van der Waals surface area contributed by atoms with Crippen LogP contribution < -0.4 is 10.4 Å². The van der Waals surface area contributed by atoms with Crippen molar-refractivity contribution in [3.8, 4) is 5.75 Å². The Morgan fingerprint density at radius 3 is 2.84 bits per heavy atom. The smallest absolute Gasteiger partial charge is 0.336 e. The maximum atomic E-state index is 11.3. The van der Waals surface area contributed by atoms with Crippen molar-refractivity contribution in [3.63, 3.8) is 0 Å². The molecule has 5 heteroatoms. The topological polar surface area (TPSA) is 76.7 Å². The molecule has 0 saturated heterocycles. The van der Waals surface area contributed by atoms with Crippen LogP contribution in [0.15, 0.2) is 33.5 Å². The average molecular weight is 262 g/mol. The molecule has 1 aromatic carbocycles. The molecule has 0 aliphatic carbocycles. The molecule has 0 radical (unpaired) electrons. The van der Waals surface area contributed by atoms with Crippen LogP contribution in [0.5, 0.6) is 5.75 Å². The maximum Gasteiger partial charge on any atom is 0.336 e. The van der Waals surface area contributed by atoms with Crippen molar-refractivity contribution in [2.24, 2.45) is 0 Å². The van der Waals surface area contributed by atoms with Gasteiger partial charge in [-0.25, -0.2) is 4.79 Å². The van der Waals surface area contributed by atoms with E-state index >= 15 is 0 Å². The zero-order valence-corrected chi connectivity index (χ0v) is 10.7.